The van der Waals surface area contributed by atoms with Gasteiger partial charge in [-0.25, -0.2) is 0 Å². The molecule has 0 amide bonds. The van der Waals surface area contributed by atoms with Crippen molar-refractivity contribution in [2.45, 2.75) is 52.6 Å². The number of ketones is 1. The number of ether oxygens (including phenoxy) is 2. The third-order valence-electron chi connectivity index (χ3n) is 3.66. The van der Waals surface area contributed by atoms with Gasteiger partial charge in [-0.1, -0.05) is 57.0 Å². The van der Waals surface area contributed by atoms with E-state index in [4.69, 9.17) is 9.47 Å². The minimum absolute atomic E-state index is 0.223. The molecule has 1 rings (SSSR count). The molecule has 128 valence electrons. The molecule has 0 aliphatic heterocycles. The van der Waals surface area contributed by atoms with E-state index in [0.29, 0.717) is 18.6 Å². The van der Waals surface area contributed by atoms with Crippen LogP contribution < -0.4 is 0 Å². The van der Waals surface area contributed by atoms with Crippen molar-refractivity contribution in [3.8, 4) is 0 Å². The standard InChI is InChI=1S/C19H28O4/c1-4-7-14-23-16(11-5-2)17(19(21)22-6-3)18(20)15-12-9-8-10-13-15/h8-10,12-13,16-17H,4-7,11,14H2,1-3H3. The van der Waals surface area contributed by atoms with Gasteiger partial charge in [-0.2, -0.15) is 0 Å². The highest BCUT2D eigenvalue weighted by Crippen LogP contribution is 2.21. The average molecular weight is 320 g/mol. The van der Waals surface area contributed by atoms with Crippen LogP contribution in [0.3, 0.4) is 0 Å². The number of benzene rings is 1. The van der Waals surface area contributed by atoms with Crippen molar-refractivity contribution in [2.24, 2.45) is 5.92 Å². The van der Waals surface area contributed by atoms with E-state index in [-0.39, 0.29) is 12.4 Å². The predicted octanol–water partition coefficient (Wildman–Crippen LogP) is 4.03. The summed E-state index contributed by atoms with van der Waals surface area (Å²) in [7, 11) is 0. The molecule has 0 saturated heterocycles. The molecule has 0 fully saturated rings. The van der Waals surface area contributed by atoms with Gasteiger partial charge in [-0.3, -0.25) is 9.59 Å². The molecular weight excluding hydrogens is 292 g/mol. The summed E-state index contributed by atoms with van der Waals surface area (Å²) in [5.41, 5.74) is 0.519. The number of carbonyl (C=O) groups is 2. The van der Waals surface area contributed by atoms with Crippen molar-refractivity contribution in [1.82, 2.24) is 0 Å². The zero-order chi connectivity index (χ0) is 17.1. The molecule has 23 heavy (non-hydrogen) atoms. The third-order valence-corrected chi connectivity index (χ3v) is 3.66. The summed E-state index contributed by atoms with van der Waals surface area (Å²) in [5.74, 6) is -1.61. The normalized spacial score (nSPS) is 13.3. The van der Waals surface area contributed by atoms with E-state index in [1.807, 2.05) is 13.0 Å². The Morgan fingerprint density at radius 2 is 1.74 bits per heavy atom. The second kappa shape index (κ2) is 10.9. The highest BCUT2D eigenvalue weighted by atomic mass is 16.5. The quantitative estimate of drug-likeness (QED) is 0.267. The maximum Gasteiger partial charge on any atom is 0.319 e. The fourth-order valence-electron chi connectivity index (χ4n) is 2.45. The SMILES string of the molecule is CCCCOC(CCC)C(C(=O)OCC)C(=O)c1ccccc1. The van der Waals surface area contributed by atoms with Gasteiger partial charge in [0.1, 0.15) is 5.92 Å². The van der Waals surface area contributed by atoms with E-state index in [9.17, 15) is 9.59 Å². The molecule has 0 aliphatic carbocycles. The Labute approximate surface area is 139 Å². The van der Waals surface area contributed by atoms with Gasteiger partial charge in [-0.05, 0) is 19.8 Å². The summed E-state index contributed by atoms with van der Waals surface area (Å²) in [6.45, 7) is 6.65. The molecule has 0 aromatic heterocycles. The van der Waals surface area contributed by atoms with E-state index in [1.165, 1.54) is 0 Å². The van der Waals surface area contributed by atoms with E-state index in [1.54, 1.807) is 31.2 Å². The number of hydrogen-bond donors (Lipinski definition) is 0. The average Bonchev–Trinajstić information content (AvgIpc) is 2.56. The molecule has 4 heteroatoms. The third kappa shape index (κ3) is 6.14. The van der Waals surface area contributed by atoms with Gasteiger partial charge in [-0.15, -0.1) is 0 Å². The van der Waals surface area contributed by atoms with Crippen LogP contribution in [0.2, 0.25) is 0 Å². The summed E-state index contributed by atoms with van der Waals surface area (Å²) >= 11 is 0. The predicted molar refractivity (Wildman–Crippen MR) is 90.5 cm³/mol. The van der Waals surface area contributed by atoms with Crippen molar-refractivity contribution < 1.29 is 19.1 Å². The molecule has 2 atom stereocenters. The topological polar surface area (TPSA) is 52.6 Å². The molecule has 0 spiro atoms. The first-order valence-electron chi connectivity index (χ1n) is 8.53. The smallest absolute Gasteiger partial charge is 0.319 e. The van der Waals surface area contributed by atoms with E-state index < -0.39 is 18.0 Å². The van der Waals surface area contributed by atoms with Gasteiger partial charge >= 0.3 is 5.97 Å². The van der Waals surface area contributed by atoms with Crippen molar-refractivity contribution in [1.29, 1.82) is 0 Å². The molecule has 0 saturated carbocycles. The summed E-state index contributed by atoms with van der Waals surface area (Å²) in [6.07, 6.45) is 2.99. The minimum atomic E-state index is -0.894. The second-order valence-corrected chi connectivity index (χ2v) is 5.51. The molecule has 4 nitrogen and oxygen atoms in total. The molecule has 2 unspecified atom stereocenters. The Hall–Kier alpha value is -1.68. The lowest BCUT2D eigenvalue weighted by Gasteiger charge is -2.25. The lowest BCUT2D eigenvalue weighted by molar-refractivity contribution is -0.151. The first-order valence-corrected chi connectivity index (χ1v) is 8.53. The first kappa shape index (κ1) is 19.4. The lowest BCUT2D eigenvalue weighted by Crippen LogP contribution is -2.38. The van der Waals surface area contributed by atoms with E-state index in [0.717, 1.165) is 19.3 Å². The number of unbranched alkanes of at least 4 members (excludes halogenated alkanes) is 1. The molecule has 0 bridgehead atoms. The van der Waals surface area contributed by atoms with Crippen LogP contribution in [0.1, 0.15) is 56.8 Å². The van der Waals surface area contributed by atoms with Crippen LogP contribution in [0.5, 0.6) is 0 Å². The molecule has 0 radical (unpaired) electrons. The maximum absolute atomic E-state index is 12.8. The van der Waals surface area contributed by atoms with Crippen molar-refractivity contribution in [3.05, 3.63) is 35.9 Å². The summed E-state index contributed by atoms with van der Waals surface area (Å²) in [6, 6.07) is 8.88. The monoisotopic (exact) mass is 320 g/mol. The Kier molecular flexibility index (Phi) is 9.22. The van der Waals surface area contributed by atoms with Gasteiger partial charge in [0.25, 0.3) is 0 Å². The van der Waals surface area contributed by atoms with Gasteiger partial charge in [0.2, 0.25) is 0 Å². The molecular formula is C19H28O4. The summed E-state index contributed by atoms with van der Waals surface area (Å²) in [4.78, 5) is 25.2. The van der Waals surface area contributed by atoms with Crippen LogP contribution in [-0.2, 0) is 14.3 Å². The fourth-order valence-corrected chi connectivity index (χ4v) is 2.45. The highest BCUT2D eigenvalue weighted by molar-refractivity contribution is 6.09. The van der Waals surface area contributed by atoms with Gasteiger partial charge < -0.3 is 9.47 Å². The Morgan fingerprint density at radius 3 is 2.30 bits per heavy atom. The van der Waals surface area contributed by atoms with Crippen LogP contribution in [0, 0.1) is 5.92 Å². The lowest BCUT2D eigenvalue weighted by atomic mass is 9.90. The van der Waals surface area contributed by atoms with Crippen molar-refractivity contribution >= 4 is 11.8 Å². The number of Topliss-reactive ketones (excluding diaryl/α,β-unsaturated/α-hetero) is 1. The van der Waals surface area contributed by atoms with Crippen LogP contribution >= 0.6 is 0 Å². The van der Waals surface area contributed by atoms with Gasteiger partial charge in [0.05, 0.1) is 12.7 Å². The second-order valence-electron chi connectivity index (χ2n) is 5.51. The van der Waals surface area contributed by atoms with E-state index in [2.05, 4.69) is 6.92 Å². The molecule has 0 aliphatic rings. The van der Waals surface area contributed by atoms with Gasteiger partial charge in [0.15, 0.2) is 5.78 Å². The molecule has 1 aromatic carbocycles. The highest BCUT2D eigenvalue weighted by Gasteiger charge is 2.36. The van der Waals surface area contributed by atoms with Crippen LogP contribution in [0.4, 0.5) is 0 Å². The van der Waals surface area contributed by atoms with Crippen LogP contribution in [0.15, 0.2) is 30.3 Å². The number of rotatable bonds is 11. The number of esters is 1. The maximum atomic E-state index is 12.8. The van der Waals surface area contributed by atoms with Gasteiger partial charge in [0, 0.05) is 12.2 Å². The van der Waals surface area contributed by atoms with Crippen molar-refractivity contribution in [3.63, 3.8) is 0 Å². The summed E-state index contributed by atoms with van der Waals surface area (Å²) in [5, 5.41) is 0. The minimum Gasteiger partial charge on any atom is -0.465 e. The molecule has 0 heterocycles. The molecule has 0 N–H and O–H groups in total. The zero-order valence-electron chi connectivity index (χ0n) is 14.4. The van der Waals surface area contributed by atoms with Crippen LogP contribution in [-0.4, -0.2) is 31.1 Å². The number of carbonyl (C=O) groups excluding carboxylic acids is 2. The summed E-state index contributed by atoms with van der Waals surface area (Å²) < 4.78 is 11.0. The Morgan fingerprint density at radius 1 is 1.04 bits per heavy atom. The largest absolute Gasteiger partial charge is 0.465 e. The van der Waals surface area contributed by atoms with Crippen molar-refractivity contribution in [2.75, 3.05) is 13.2 Å². The Balaban J connectivity index is 3.00. The Bertz CT molecular complexity index is 470. The number of hydrogen-bond acceptors (Lipinski definition) is 4. The zero-order valence-corrected chi connectivity index (χ0v) is 14.4. The first-order chi connectivity index (χ1) is 11.2. The molecule has 1 aromatic rings. The van der Waals surface area contributed by atoms with Crippen LogP contribution in [0.25, 0.3) is 0 Å². The van der Waals surface area contributed by atoms with E-state index >= 15 is 0 Å². The fraction of sp³-hybridized carbons (Fsp3) is 0.579.